The van der Waals surface area contributed by atoms with Crippen LogP contribution in [0.3, 0.4) is 0 Å². The summed E-state index contributed by atoms with van der Waals surface area (Å²) in [6.45, 7) is 1.83. The maximum absolute atomic E-state index is 13.9. The fourth-order valence-electron chi connectivity index (χ4n) is 2.73. The summed E-state index contributed by atoms with van der Waals surface area (Å²) in [5, 5.41) is 6.26. The number of sulfonamides is 1. The van der Waals surface area contributed by atoms with Crippen LogP contribution in [0.1, 0.15) is 15.9 Å². The van der Waals surface area contributed by atoms with E-state index in [1.165, 1.54) is 37.1 Å². The Bertz CT molecular complexity index is 1170. The smallest absolute Gasteiger partial charge is 0.265 e. The molecule has 0 aliphatic heterocycles. The third kappa shape index (κ3) is 3.97. The second-order valence-corrected chi connectivity index (χ2v) is 8.34. The number of nitrogens with zero attached hydrogens (tertiary/aromatic N) is 3. The number of nitrogens with one attached hydrogen (secondary N) is 1. The first-order chi connectivity index (χ1) is 13.6. The van der Waals surface area contributed by atoms with Crippen LogP contribution in [-0.4, -0.2) is 31.2 Å². The average molecular weight is 420 g/mol. The van der Waals surface area contributed by atoms with Gasteiger partial charge in [-0.3, -0.25) is 13.8 Å². The molecule has 29 heavy (non-hydrogen) atoms. The average Bonchev–Trinajstić information content (AvgIpc) is 3.05. The first-order valence-corrected chi connectivity index (χ1v) is 9.89. The molecule has 152 valence electrons. The second kappa shape index (κ2) is 7.63. The highest BCUT2D eigenvalue weighted by molar-refractivity contribution is 7.92. The van der Waals surface area contributed by atoms with Crippen molar-refractivity contribution in [3.05, 3.63) is 71.4 Å². The number of amides is 1. The van der Waals surface area contributed by atoms with Gasteiger partial charge in [0.05, 0.1) is 16.8 Å². The van der Waals surface area contributed by atoms with Gasteiger partial charge in [0.15, 0.2) is 5.82 Å². The molecule has 0 radical (unpaired) electrons. The monoisotopic (exact) mass is 420 g/mol. The zero-order valence-corrected chi connectivity index (χ0v) is 16.7. The molecule has 0 unspecified atom stereocenters. The molecule has 1 N–H and O–H groups in total. The van der Waals surface area contributed by atoms with Crippen molar-refractivity contribution in [2.24, 2.45) is 7.05 Å². The zero-order valence-electron chi connectivity index (χ0n) is 15.8. The molecule has 1 amide bonds. The molecule has 3 aromatic rings. The highest BCUT2D eigenvalue weighted by Gasteiger charge is 2.28. The van der Waals surface area contributed by atoms with Crippen molar-refractivity contribution in [3.63, 3.8) is 0 Å². The van der Waals surface area contributed by atoms with Gasteiger partial charge in [-0.1, -0.05) is 17.7 Å². The lowest BCUT2D eigenvalue weighted by molar-refractivity contribution is 0.102. The predicted octanol–water partition coefficient (Wildman–Crippen LogP) is 3.08. The van der Waals surface area contributed by atoms with Crippen molar-refractivity contribution in [2.45, 2.75) is 11.8 Å². The van der Waals surface area contributed by atoms with Crippen LogP contribution in [0, 0.1) is 18.6 Å². The molecule has 0 saturated carbocycles. The number of anilines is 2. The zero-order chi connectivity index (χ0) is 21.3. The molecule has 2 aromatic carbocycles. The number of carbonyl (C=O) groups excluding carboxylic acids is 1. The predicted molar refractivity (Wildman–Crippen MR) is 104 cm³/mol. The van der Waals surface area contributed by atoms with Crippen LogP contribution in [0.2, 0.25) is 0 Å². The van der Waals surface area contributed by atoms with E-state index in [9.17, 15) is 22.0 Å². The van der Waals surface area contributed by atoms with Crippen molar-refractivity contribution < 1.29 is 22.0 Å². The molecule has 3 rings (SSSR count). The molecule has 1 heterocycles. The van der Waals surface area contributed by atoms with Gasteiger partial charge in [0.2, 0.25) is 0 Å². The first kappa shape index (κ1) is 20.5. The Labute approximate surface area is 166 Å². The Morgan fingerprint density at radius 2 is 1.79 bits per heavy atom. The summed E-state index contributed by atoms with van der Waals surface area (Å²) in [4.78, 5) is 12.7. The first-order valence-electron chi connectivity index (χ1n) is 8.45. The van der Waals surface area contributed by atoms with Crippen LogP contribution < -0.4 is 9.62 Å². The summed E-state index contributed by atoms with van der Waals surface area (Å²) >= 11 is 0. The maximum Gasteiger partial charge on any atom is 0.265 e. The summed E-state index contributed by atoms with van der Waals surface area (Å²) in [5.41, 5.74) is 0.568. The number of aryl methyl sites for hydroxylation is 2. The number of halogens is 2. The molecule has 0 atom stereocenters. The molecular weight excluding hydrogens is 402 g/mol. The summed E-state index contributed by atoms with van der Waals surface area (Å²) in [7, 11) is -1.20. The van der Waals surface area contributed by atoms with E-state index < -0.39 is 27.6 Å². The van der Waals surface area contributed by atoms with E-state index in [-0.39, 0.29) is 22.0 Å². The Balaban J connectivity index is 1.96. The number of hydrogen-bond acceptors (Lipinski definition) is 4. The molecule has 0 aliphatic rings. The number of aromatic nitrogens is 2. The van der Waals surface area contributed by atoms with Crippen LogP contribution >= 0.6 is 0 Å². The fourth-order valence-corrected chi connectivity index (χ4v) is 3.97. The normalized spacial score (nSPS) is 11.3. The van der Waals surface area contributed by atoms with Crippen LogP contribution in [0.4, 0.5) is 20.3 Å². The third-order valence-corrected chi connectivity index (χ3v) is 6.07. The van der Waals surface area contributed by atoms with E-state index in [0.717, 1.165) is 22.0 Å². The van der Waals surface area contributed by atoms with Gasteiger partial charge in [-0.25, -0.2) is 17.2 Å². The maximum atomic E-state index is 13.9. The van der Waals surface area contributed by atoms with Crippen LogP contribution in [-0.2, 0) is 17.1 Å². The Morgan fingerprint density at radius 1 is 1.14 bits per heavy atom. The van der Waals surface area contributed by atoms with Gasteiger partial charge in [0, 0.05) is 20.2 Å². The SMILES string of the molecule is Cc1ccc(S(=O)(=O)N(C)c2c(C(=O)Nc3ccc(F)cc3F)cnn2C)cc1. The van der Waals surface area contributed by atoms with Crippen molar-refractivity contribution in [3.8, 4) is 0 Å². The topological polar surface area (TPSA) is 84.3 Å². The van der Waals surface area contributed by atoms with Gasteiger partial charge in [0.25, 0.3) is 15.9 Å². The third-order valence-electron chi connectivity index (χ3n) is 4.31. The molecular formula is C19H18F2N4O3S. The summed E-state index contributed by atoms with van der Waals surface area (Å²) in [6, 6.07) is 8.95. The van der Waals surface area contributed by atoms with E-state index >= 15 is 0 Å². The van der Waals surface area contributed by atoms with Gasteiger partial charge < -0.3 is 5.32 Å². The Morgan fingerprint density at radius 3 is 2.41 bits per heavy atom. The van der Waals surface area contributed by atoms with Gasteiger partial charge in [0.1, 0.15) is 17.2 Å². The number of rotatable bonds is 5. The summed E-state index contributed by atoms with van der Waals surface area (Å²) in [6.07, 6.45) is 1.17. The minimum Gasteiger partial charge on any atom is -0.319 e. The van der Waals surface area contributed by atoms with Crippen LogP contribution in [0.5, 0.6) is 0 Å². The molecule has 0 saturated heterocycles. The van der Waals surface area contributed by atoms with Crippen molar-refractivity contribution in [1.82, 2.24) is 9.78 Å². The number of carbonyl (C=O) groups is 1. The van der Waals surface area contributed by atoms with Crippen LogP contribution in [0.25, 0.3) is 0 Å². The van der Waals surface area contributed by atoms with Crippen LogP contribution in [0.15, 0.2) is 53.6 Å². The standard InChI is InChI=1S/C19H18F2N4O3S/c1-12-4-7-14(8-5-12)29(27,28)25(3)19-15(11-22-24(19)2)18(26)23-17-9-6-13(20)10-16(17)21/h4-11H,1-3H3,(H,23,26). The second-order valence-electron chi connectivity index (χ2n) is 6.37. The highest BCUT2D eigenvalue weighted by Crippen LogP contribution is 2.26. The van der Waals surface area contributed by atoms with E-state index in [0.29, 0.717) is 6.07 Å². The summed E-state index contributed by atoms with van der Waals surface area (Å²) in [5.74, 6) is -2.54. The molecule has 0 fully saturated rings. The van der Waals surface area contributed by atoms with Gasteiger partial charge in [-0.2, -0.15) is 5.10 Å². The van der Waals surface area contributed by atoms with Gasteiger partial charge in [-0.15, -0.1) is 0 Å². The molecule has 7 nitrogen and oxygen atoms in total. The highest BCUT2D eigenvalue weighted by atomic mass is 32.2. The van der Waals surface area contributed by atoms with Crippen molar-refractivity contribution in [2.75, 3.05) is 16.7 Å². The molecule has 0 aliphatic carbocycles. The largest absolute Gasteiger partial charge is 0.319 e. The fraction of sp³-hybridized carbons (Fsp3) is 0.158. The summed E-state index contributed by atoms with van der Waals surface area (Å²) < 4.78 is 55.0. The molecule has 1 aromatic heterocycles. The van der Waals surface area contributed by atoms with E-state index in [2.05, 4.69) is 10.4 Å². The minimum absolute atomic E-state index is 0.00871. The lowest BCUT2D eigenvalue weighted by atomic mass is 10.2. The number of benzene rings is 2. The Kier molecular flexibility index (Phi) is 5.38. The lowest BCUT2D eigenvalue weighted by Gasteiger charge is -2.21. The number of hydrogen-bond donors (Lipinski definition) is 1. The van der Waals surface area contributed by atoms with Gasteiger partial charge in [-0.05, 0) is 31.2 Å². The van der Waals surface area contributed by atoms with Crippen molar-refractivity contribution >= 4 is 27.4 Å². The molecule has 10 heteroatoms. The minimum atomic E-state index is -3.98. The quantitative estimate of drug-likeness (QED) is 0.688. The van der Waals surface area contributed by atoms with Crippen molar-refractivity contribution in [1.29, 1.82) is 0 Å². The van der Waals surface area contributed by atoms with E-state index in [1.807, 2.05) is 6.92 Å². The van der Waals surface area contributed by atoms with E-state index in [4.69, 9.17) is 0 Å². The molecule has 0 bridgehead atoms. The molecule has 0 spiro atoms. The van der Waals surface area contributed by atoms with Gasteiger partial charge >= 0.3 is 0 Å². The lowest BCUT2D eigenvalue weighted by Crippen LogP contribution is -2.30. The van der Waals surface area contributed by atoms with E-state index in [1.54, 1.807) is 12.1 Å². The Hall–Kier alpha value is -3.27.